The van der Waals surface area contributed by atoms with Gasteiger partial charge in [-0.3, -0.25) is 4.72 Å². The van der Waals surface area contributed by atoms with Crippen molar-refractivity contribution in [2.75, 3.05) is 4.72 Å². The topological polar surface area (TPSA) is 72.0 Å². The van der Waals surface area contributed by atoms with Crippen LogP contribution in [0.1, 0.15) is 25.3 Å². The van der Waals surface area contributed by atoms with Crippen molar-refractivity contribution in [2.45, 2.75) is 24.7 Å². The van der Waals surface area contributed by atoms with Gasteiger partial charge in [0.2, 0.25) is 0 Å². The summed E-state index contributed by atoms with van der Waals surface area (Å²) in [6.07, 6.45) is 1.42. The van der Waals surface area contributed by atoms with Gasteiger partial charge in [-0.1, -0.05) is 26.0 Å². The monoisotopic (exact) mass is 433 g/mol. The molecular weight excluding hydrogens is 422 g/mol. The number of rotatable bonds is 4. The molecule has 8 heteroatoms. The molecule has 1 aromatic carbocycles. The molecule has 0 spiro atoms. The first kappa shape index (κ1) is 16.4. The van der Waals surface area contributed by atoms with E-state index in [0.717, 1.165) is 5.56 Å². The average Bonchev–Trinajstić information content (AvgIpc) is 2.42. The lowest BCUT2D eigenvalue weighted by Crippen LogP contribution is -2.14. The highest BCUT2D eigenvalue weighted by Crippen LogP contribution is 2.23. The van der Waals surface area contributed by atoms with Gasteiger partial charge in [-0.15, -0.1) is 0 Å². The summed E-state index contributed by atoms with van der Waals surface area (Å²) < 4.78 is 27.9. The van der Waals surface area contributed by atoms with E-state index in [9.17, 15) is 8.42 Å². The molecule has 1 aromatic heterocycles. The number of nitrogens with zero attached hydrogens (tertiary/aromatic N) is 2. The Hall–Kier alpha value is -0.990. The van der Waals surface area contributed by atoms with Crippen LogP contribution >= 0.6 is 31.9 Å². The molecule has 0 radical (unpaired) electrons. The molecule has 5 nitrogen and oxygen atoms in total. The standard InChI is InChI=1S/C13H13Br2N3O2S/c1-8(2)9-3-5-10(6-4-9)21(19,20)18-13-12(15)17-11(14)7-16-13/h3-8H,1-2H3,(H,16,18). The number of hydrogen-bond donors (Lipinski definition) is 1. The SMILES string of the molecule is CC(C)c1ccc(S(=O)(=O)Nc2ncc(Br)nc2Br)cc1. The number of halogens is 2. The van der Waals surface area contributed by atoms with Crippen molar-refractivity contribution in [1.29, 1.82) is 0 Å². The lowest BCUT2D eigenvalue weighted by Gasteiger charge is -2.10. The van der Waals surface area contributed by atoms with E-state index in [2.05, 4.69) is 60.4 Å². The highest BCUT2D eigenvalue weighted by atomic mass is 79.9. The third kappa shape index (κ3) is 4.02. The molecule has 1 N–H and O–H groups in total. The molecule has 112 valence electrons. The predicted molar refractivity (Wildman–Crippen MR) is 88.8 cm³/mol. The number of sulfonamides is 1. The Morgan fingerprint density at radius 1 is 1.14 bits per heavy atom. The molecule has 0 fully saturated rings. The van der Waals surface area contributed by atoms with Gasteiger partial charge in [0.05, 0.1) is 11.1 Å². The molecule has 0 amide bonds. The molecule has 0 atom stereocenters. The molecule has 2 rings (SSSR count). The third-order valence-corrected chi connectivity index (χ3v) is 5.08. The molecular formula is C13H13Br2N3O2S. The minimum absolute atomic E-state index is 0.145. The van der Waals surface area contributed by atoms with Gasteiger partial charge < -0.3 is 0 Å². The van der Waals surface area contributed by atoms with E-state index in [4.69, 9.17) is 0 Å². The van der Waals surface area contributed by atoms with E-state index in [1.54, 1.807) is 12.1 Å². The Balaban J connectivity index is 2.29. The average molecular weight is 435 g/mol. The fourth-order valence-corrected chi connectivity index (χ4v) is 3.69. The first-order chi connectivity index (χ1) is 9.79. The zero-order valence-electron chi connectivity index (χ0n) is 11.3. The lowest BCUT2D eigenvalue weighted by atomic mass is 10.0. The molecule has 1 heterocycles. The quantitative estimate of drug-likeness (QED) is 0.791. The third-order valence-electron chi connectivity index (χ3n) is 2.79. The molecule has 0 unspecified atom stereocenters. The van der Waals surface area contributed by atoms with E-state index >= 15 is 0 Å². The van der Waals surface area contributed by atoms with Crippen LogP contribution in [0.25, 0.3) is 0 Å². The molecule has 0 aliphatic carbocycles. The first-order valence-corrected chi connectivity index (χ1v) is 9.17. The van der Waals surface area contributed by atoms with Gasteiger partial charge in [-0.2, -0.15) is 0 Å². The van der Waals surface area contributed by atoms with Gasteiger partial charge in [0.25, 0.3) is 10.0 Å². The Morgan fingerprint density at radius 3 is 2.29 bits per heavy atom. The maximum Gasteiger partial charge on any atom is 0.263 e. The minimum Gasteiger partial charge on any atom is -0.261 e. The van der Waals surface area contributed by atoms with Crippen molar-refractivity contribution in [3.8, 4) is 0 Å². The van der Waals surface area contributed by atoms with E-state index < -0.39 is 10.0 Å². The second kappa shape index (κ2) is 6.41. The largest absolute Gasteiger partial charge is 0.263 e. The van der Waals surface area contributed by atoms with Crippen LogP contribution in [0.15, 0.2) is 44.6 Å². The summed E-state index contributed by atoms with van der Waals surface area (Å²) in [7, 11) is -3.69. The summed E-state index contributed by atoms with van der Waals surface area (Å²) in [5.74, 6) is 0.493. The van der Waals surface area contributed by atoms with Crippen LogP contribution < -0.4 is 4.72 Å². The fourth-order valence-electron chi connectivity index (χ4n) is 1.63. The summed E-state index contributed by atoms with van der Waals surface area (Å²) in [6.45, 7) is 4.10. The van der Waals surface area contributed by atoms with Crippen molar-refractivity contribution in [3.63, 3.8) is 0 Å². The van der Waals surface area contributed by atoms with Gasteiger partial charge in [0.15, 0.2) is 10.4 Å². The molecule has 0 bridgehead atoms. The Kier molecular flexibility index (Phi) is 5.00. The highest BCUT2D eigenvalue weighted by Gasteiger charge is 2.17. The minimum atomic E-state index is -3.69. The highest BCUT2D eigenvalue weighted by molar-refractivity contribution is 9.11. The van der Waals surface area contributed by atoms with Gasteiger partial charge >= 0.3 is 0 Å². The zero-order valence-corrected chi connectivity index (χ0v) is 15.3. The molecule has 21 heavy (non-hydrogen) atoms. The predicted octanol–water partition coefficient (Wildman–Crippen LogP) is 3.93. The van der Waals surface area contributed by atoms with Crippen LogP contribution in [0.2, 0.25) is 0 Å². The second-order valence-electron chi connectivity index (χ2n) is 4.66. The number of hydrogen-bond acceptors (Lipinski definition) is 4. The van der Waals surface area contributed by atoms with Gasteiger partial charge in [0.1, 0.15) is 4.60 Å². The Labute approximate surface area is 140 Å². The van der Waals surface area contributed by atoms with Gasteiger partial charge in [0, 0.05) is 0 Å². The smallest absolute Gasteiger partial charge is 0.261 e. The normalized spacial score (nSPS) is 11.7. The van der Waals surface area contributed by atoms with Crippen LogP contribution in [-0.4, -0.2) is 18.4 Å². The Morgan fingerprint density at radius 2 is 1.76 bits per heavy atom. The van der Waals surface area contributed by atoms with Crippen molar-refractivity contribution < 1.29 is 8.42 Å². The molecule has 2 aromatic rings. The van der Waals surface area contributed by atoms with E-state index in [1.807, 2.05) is 12.1 Å². The summed E-state index contributed by atoms with van der Waals surface area (Å²) in [4.78, 5) is 8.20. The molecule has 0 saturated heterocycles. The summed E-state index contributed by atoms with van der Waals surface area (Å²) in [5.41, 5.74) is 1.08. The summed E-state index contributed by atoms with van der Waals surface area (Å²) in [5, 5.41) is 0. The van der Waals surface area contributed by atoms with Gasteiger partial charge in [-0.25, -0.2) is 18.4 Å². The maximum absolute atomic E-state index is 12.3. The van der Waals surface area contributed by atoms with Crippen molar-refractivity contribution >= 4 is 47.7 Å². The fraction of sp³-hybridized carbons (Fsp3) is 0.231. The lowest BCUT2D eigenvalue weighted by molar-refractivity contribution is 0.601. The number of anilines is 1. The van der Waals surface area contributed by atoms with Crippen LogP contribution in [0.4, 0.5) is 5.82 Å². The number of aromatic nitrogens is 2. The molecule has 0 saturated carbocycles. The maximum atomic E-state index is 12.3. The second-order valence-corrected chi connectivity index (χ2v) is 7.91. The van der Waals surface area contributed by atoms with Crippen LogP contribution in [-0.2, 0) is 10.0 Å². The number of benzene rings is 1. The summed E-state index contributed by atoms with van der Waals surface area (Å²) in [6, 6.07) is 6.78. The van der Waals surface area contributed by atoms with Crippen LogP contribution in [0, 0.1) is 0 Å². The summed E-state index contributed by atoms with van der Waals surface area (Å²) >= 11 is 6.33. The van der Waals surface area contributed by atoms with Crippen molar-refractivity contribution in [1.82, 2.24) is 9.97 Å². The first-order valence-electron chi connectivity index (χ1n) is 6.10. The van der Waals surface area contributed by atoms with Gasteiger partial charge in [-0.05, 0) is 55.5 Å². The Bertz CT molecular complexity index is 747. The van der Waals surface area contributed by atoms with E-state index in [0.29, 0.717) is 15.1 Å². The van der Waals surface area contributed by atoms with Crippen LogP contribution in [0.5, 0.6) is 0 Å². The number of nitrogens with one attached hydrogen (secondary N) is 1. The zero-order chi connectivity index (χ0) is 15.6. The van der Waals surface area contributed by atoms with Crippen LogP contribution in [0.3, 0.4) is 0 Å². The van der Waals surface area contributed by atoms with Crippen molar-refractivity contribution in [2.24, 2.45) is 0 Å². The van der Waals surface area contributed by atoms with E-state index in [-0.39, 0.29) is 10.7 Å². The molecule has 0 aliphatic rings. The molecule has 0 aliphatic heterocycles. The van der Waals surface area contributed by atoms with Crippen molar-refractivity contribution in [3.05, 3.63) is 45.2 Å². The van der Waals surface area contributed by atoms with E-state index in [1.165, 1.54) is 6.20 Å².